The monoisotopic (exact) mass is 382 g/mol. The van der Waals surface area contributed by atoms with Crippen molar-refractivity contribution in [2.75, 3.05) is 0 Å². The van der Waals surface area contributed by atoms with Crippen molar-refractivity contribution in [1.82, 2.24) is 0 Å². The van der Waals surface area contributed by atoms with Crippen LogP contribution in [0.1, 0.15) is 11.1 Å². The van der Waals surface area contributed by atoms with Crippen LogP contribution < -0.4 is 0 Å². The molecule has 6 rings (SSSR count). The van der Waals surface area contributed by atoms with Crippen LogP contribution in [-0.2, 0) is 0 Å². The van der Waals surface area contributed by atoms with Crippen LogP contribution in [-0.4, -0.2) is 0 Å². The van der Waals surface area contributed by atoms with Crippen LogP contribution in [0.3, 0.4) is 0 Å². The van der Waals surface area contributed by atoms with Gasteiger partial charge in [-0.2, -0.15) is 0 Å². The highest BCUT2D eigenvalue weighted by atomic mass is 14.1. The molecule has 0 saturated carbocycles. The number of benzene rings is 6. The molecule has 0 aromatic heterocycles. The minimum absolute atomic E-state index is 1.27. The lowest BCUT2D eigenvalue weighted by molar-refractivity contribution is 1.56. The van der Waals surface area contributed by atoms with Crippen LogP contribution in [0.4, 0.5) is 0 Å². The summed E-state index contributed by atoms with van der Waals surface area (Å²) in [7, 11) is 0. The van der Waals surface area contributed by atoms with Gasteiger partial charge in [-0.05, 0) is 103 Å². The summed E-state index contributed by atoms with van der Waals surface area (Å²) in [5.41, 5.74) is 5.26. The molecule has 142 valence electrons. The van der Waals surface area contributed by atoms with Gasteiger partial charge in [0.2, 0.25) is 0 Å². The second kappa shape index (κ2) is 6.43. The quantitative estimate of drug-likeness (QED) is 0.250. The summed E-state index contributed by atoms with van der Waals surface area (Å²) in [5.74, 6) is 0. The molecule has 0 fully saturated rings. The highest BCUT2D eigenvalue weighted by molar-refractivity contribution is 6.05. The fraction of sp³-hybridized carbons (Fsp3) is 0.0667. The molecule has 0 radical (unpaired) electrons. The average Bonchev–Trinajstić information content (AvgIpc) is 2.79. The highest BCUT2D eigenvalue weighted by Crippen LogP contribution is 2.34. The van der Waals surface area contributed by atoms with Crippen LogP contribution in [0.5, 0.6) is 0 Å². The normalized spacial score (nSPS) is 11.7. The zero-order valence-electron chi connectivity index (χ0n) is 17.2. The largest absolute Gasteiger partial charge is 0.0616 e. The molecule has 0 saturated heterocycles. The first-order valence-electron chi connectivity index (χ1n) is 10.5. The zero-order valence-corrected chi connectivity index (χ0v) is 17.2. The molecule has 6 aromatic carbocycles. The second-order valence-corrected chi connectivity index (χ2v) is 8.32. The van der Waals surface area contributed by atoms with Crippen molar-refractivity contribution in [3.05, 3.63) is 108 Å². The molecule has 6 aromatic rings. The number of aryl methyl sites for hydroxylation is 2. The highest BCUT2D eigenvalue weighted by Gasteiger charge is 2.09. The van der Waals surface area contributed by atoms with Crippen molar-refractivity contribution >= 4 is 43.1 Å². The molecule has 0 amide bonds. The Kier molecular flexibility index (Phi) is 3.70. The Morgan fingerprint density at radius 2 is 0.767 bits per heavy atom. The molecule has 0 aliphatic carbocycles. The van der Waals surface area contributed by atoms with E-state index in [2.05, 4.69) is 111 Å². The molecule has 0 unspecified atom stereocenters. The van der Waals surface area contributed by atoms with Gasteiger partial charge in [0.1, 0.15) is 0 Å². The summed E-state index contributed by atoms with van der Waals surface area (Å²) in [4.78, 5) is 0. The SMILES string of the molecule is Cc1c2ccccc2cc2ccc(-c3ccc4cc5ccccc5c(C)c4c3)cc12. The Bertz CT molecular complexity index is 1480. The Balaban J connectivity index is 1.59. The summed E-state index contributed by atoms with van der Waals surface area (Å²) in [6, 6.07) is 35.7. The van der Waals surface area contributed by atoms with Crippen molar-refractivity contribution in [2.45, 2.75) is 13.8 Å². The maximum atomic E-state index is 2.36. The lowest BCUT2D eigenvalue weighted by Crippen LogP contribution is -1.87. The van der Waals surface area contributed by atoms with Crippen molar-refractivity contribution < 1.29 is 0 Å². The number of rotatable bonds is 1. The van der Waals surface area contributed by atoms with Crippen molar-refractivity contribution in [3.8, 4) is 11.1 Å². The van der Waals surface area contributed by atoms with Crippen LogP contribution in [0.25, 0.3) is 54.2 Å². The Labute approximate surface area is 176 Å². The number of hydrogen-bond acceptors (Lipinski definition) is 0. The molecular formula is C30H22. The molecular weight excluding hydrogens is 360 g/mol. The van der Waals surface area contributed by atoms with E-state index in [9.17, 15) is 0 Å². The van der Waals surface area contributed by atoms with Gasteiger partial charge in [0.25, 0.3) is 0 Å². The molecule has 0 spiro atoms. The molecule has 0 bridgehead atoms. The zero-order chi connectivity index (χ0) is 20.2. The van der Waals surface area contributed by atoms with Gasteiger partial charge < -0.3 is 0 Å². The van der Waals surface area contributed by atoms with E-state index in [1.165, 1.54) is 65.3 Å². The van der Waals surface area contributed by atoms with E-state index >= 15 is 0 Å². The third-order valence-electron chi connectivity index (χ3n) is 6.60. The van der Waals surface area contributed by atoms with E-state index in [1.54, 1.807) is 0 Å². The molecule has 0 N–H and O–H groups in total. The fourth-order valence-corrected chi connectivity index (χ4v) is 4.93. The number of fused-ring (bicyclic) bond motifs is 4. The maximum Gasteiger partial charge on any atom is -0.0142 e. The van der Waals surface area contributed by atoms with E-state index in [-0.39, 0.29) is 0 Å². The van der Waals surface area contributed by atoms with E-state index in [1.807, 2.05) is 0 Å². The predicted octanol–water partition coefficient (Wildman–Crippen LogP) is 8.58. The molecule has 0 heteroatoms. The van der Waals surface area contributed by atoms with Crippen LogP contribution >= 0.6 is 0 Å². The first-order valence-corrected chi connectivity index (χ1v) is 10.5. The van der Waals surface area contributed by atoms with Gasteiger partial charge in [-0.1, -0.05) is 72.8 Å². The Morgan fingerprint density at radius 3 is 1.23 bits per heavy atom. The standard InChI is InChI=1S/C30H22/c1-19-27-9-5-3-7-23(27)15-25-13-11-21(17-29(19)25)22-12-14-26-16-24-8-4-6-10-28(24)20(2)30(26)18-22/h3-18H,1-2H3. The third-order valence-corrected chi connectivity index (χ3v) is 6.60. The first kappa shape index (κ1) is 17.2. The smallest absolute Gasteiger partial charge is 0.0142 e. The minimum atomic E-state index is 1.27. The maximum absolute atomic E-state index is 2.36. The molecule has 0 nitrogen and oxygen atoms in total. The van der Waals surface area contributed by atoms with Crippen molar-refractivity contribution in [2.24, 2.45) is 0 Å². The van der Waals surface area contributed by atoms with E-state index in [0.29, 0.717) is 0 Å². The molecule has 30 heavy (non-hydrogen) atoms. The van der Waals surface area contributed by atoms with Gasteiger partial charge >= 0.3 is 0 Å². The lowest BCUT2D eigenvalue weighted by Gasteiger charge is -2.12. The van der Waals surface area contributed by atoms with E-state index in [4.69, 9.17) is 0 Å². The fourth-order valence-electron chi connectivity index (χ4n) is 4.93. The van der Waals surface area contributed by atoms with E-state index < -0.39 is 0 Å². The first-order chi connectivity index (χ1) is 14.7. The van der Waals surface area contributed by atoms with Crippen LogP contribution in [0, 0.1) is 13.8 Å². The predicted molar refractivity (Wildman–Crippen MR) is 131 cm³/mol. The molecule has 0 aliphatic heterocycles. The summed E-state index contributed by atoms with van der Waals surface area (Å²) in [5, 5.41) is 10.6. The average molecular weight is 383 g/mol. The van der Waals surface area contributed by atoms with Gasteiger partial charge in [0.15, 0.2) is 0 Å². The number of hydrogen-bond donors (Lipinski definition) is 0. The second-order valence-electron chi connectivity index (χ2n) is 8.32. The lowest BCUT2D eigenvalue weighted by atomic mass is 9.92. The van der Waals surface area contributed by atoms with Gasteiger partial charge in [-0.15, -0.1) is 0 Å². The summed E-state index contributed by atoms with van der Waals surface area (Å²) in [6.07, 6.45) is 0. The van der Waals surface area contributed by atoms with Gasteiger partial charge in [-0.25, -0.2) is 0 Å². The van der Waals surface area contributed by atoms with E-state index in [0.717, 1.165) is 0 Å². The summed E-state index contributed by atoms with van der Waals surface area (Å²) >= 11 is 0. The summed E-state index contributed by atoms with van der Waals surface area (Å²) in [6.45, 7) is 4.48. The summed E-state index contributed by atoms with van der Waals surface area (Å²) < 4.78 is 0. The van der Waals surface area contributed by atoms with Crippen LogP contribution in [0.2, 0.25) is 0 Å². The topological polar surface area (TPSA) is 0 Å². The van der Waals surface area contributed by atoms with Gasteiger partial charge in [0, 0.05) is 0 Å². The Hall–Kier alpha value is -3.64. The minimum Gasteiger partial charge on any atom is -0.0616 e. The van der Waals surface area contributed by atoms with Crippen molar-refractivity contribution in [3.63, 3.8) is 0 Å². The third kappa shape index (κ3) is 2.54. The molecule has 0 atom stereocenters. The molecule has 0 aliphatic rings. The molecule has 0 heterocycles. The van der Waals surface area contributed by atoms with Gasteiger partial charge in [0.05, 0.1) is 0 Å². The van der Waals surface area contributed by atoms with Crippen LogP contribution in [0.15, 0.2) is 97.1 Å². The van der Waals surface area contributed by atoms with Gasteiger partial charge in [-0.3, -0.25) is 0 Å². The van der Waals surface area contributed by atoms with Crippen molar-refractivity contribution in [1.29, 1.82) is 0 Å². The Morgan fingerprint density at radius 1 is 0.367 bits per heavy atom.